The molecule has 1 aromatic carbocycles. The Kier molecular flexibility index (Phi) is 14.9. The molecular formula is C32H49N7O4. The normalized spacial score (nSPS) is 11.5. The fourth-order valence-corrected chi connectivity index (χ4v) is 5.03. The number of H-pyrrole nitrogens is 1. The standard InChI is InChI=1S/C32H49N7O4/c1-5-17-37(25-31(40)42-6-2)18-8-9-19-38(26-32(41)43-7-3)21-27-10-12-28(13-11-27)22-39(23-29-33-14-15-34-29)24-30-35-16-20-36(30)4/h10-16,20H,5-9,17-19,21-26H2,1-4H3,(H,33,34). The maximum absolute atomic E-state index is 12.4. The van der Waals surface area contributed by atoms with Gasteiger partial charge in [0.1, 0.15) is 11.6 Å². The largest absolute Gasteiger partial charge is 0.465 e. The van der Waals surface area contributed by atoms with Crippen LogP contribution in [0.4, 0.5) is 0 Å². The second-order valence-corrected chi connectivity index (χ2v) is 10.8. The topological polar surface area (TPSA) is 109 Å². The summed E-state index contributed by atoms with van der Waals surface area (Å²) in [6, 6.07) is 8.59. The van der Waals surface area contributed by atoms with Crippen LogP contribution < -0.4 is 0 Å². The number of aryl methyl sites for hydroxylation is 1. The predicted molar refractivity (Wildman–Crippen MR) is 166 cm³/mol. The van der Waals surface area contributed by atoms with Crippen molar-refractivity contribution in [1.29, 1.82) is 0 Å². The number of nitrogens with zero attached hydrogens (tertiary/aromatic N) is 6. The van der Waals surface area contributed by atoms with Crippen molar-refractivity contribution in [3.05, 3.63) is 71.8 Å². The zero-order chi connectivity index (χ0) is 30.9. The predicted octanol–water partition coefficient (Wildman–Crippen LogP) is 3.77. The molecule has 2 aromatic heterocycles. The molecular weight excluding hydrogens is 546 g/mol. The van der Waals surface area contributed by atoms with Crippen LogP contribution in [0.15, 0.2) is 49.1 Å². The summed E-state index contributed by atoms with van der Waals surface area (Å²) in [5.74, 6) is 1.52. The minimum Gasteiger partial charge on any atom is -0.465 e. The summed E-state index contributed by atoms with van der Waals surface area (Å²) < 4.78 is 12.4. The van der Waals surface area contributed by atoms with Crippen molar-refractivity contribution in [2.45, 2.75) is 66.2 Å². The molecule has 0 saturated carbocycles. The summed E-state index contributed by atoms with van der Waals surface area (Å²) in [4.78, 5) is 43.1. The van der Waals surface area contributed by atoms with Gasteiger partial charge in [-0.05, 0) is 63.9 Å². The molecule has 0 aliphatic carbocycles. The van der Waals surface area contributed by atoms with Crippen LogP contribution in [0.3, 0.4) is 0 Å². The molecule has 2 heterocycles. The van der Waals surface area contributed by atoms with E-state index in [0.29, 0.717) is 39.4 Å². The molecule has 0 fully saturated rings. The van der Waals surface area contributed by atoms with E-state index in [-0.39, 0.29) is 18.5 Å². The van der Waals surface area contributed by atoms with Crippen LogP contribution in [0.2, 0.25) is 0 Å². The monoisotopic (exact) mass is 595 g/mol. The Hall–Kier alpha value is -3.54. The lowest BCUT2D eigenvalue weighted by molar-refractivity contribution is -0.145. The summed E-state index contributed by atoms with van der Waals surface area (Å²) in [5.41, 5.74) is 2.34. The number of benzene rings is 1. The number of hydrogen-bond acceptors (Lipinski definition) is 9. The number of carbonyl (C=O) groups excluding carboxylic acids is 2. The van der Waals surface area contributed by atoms with Gasteiger partial charge < -0.3 is 19.0 Å². The van der Waals surface area contributed by atoms with Gasteiger partial charge in [0.25, 0.3) is 0 Å². The third-order valence-corrected chi connectivity index (χ3v) is 7.10. The van der Waals surface area contributed by atoms with Gasteiger partial charge in [-0.1, -0.05) is 31.2 Å². The van der Waals surface area contributed by atoms with Crippen LogP contribution in [0.25, 0.3) is 0 Å². The zero-order valence-corrected chi connectivity index (χ0v) is 26.3. The molecule has 0 amide bonds. The molecule has 0 spiro atoms. The van der Waals surface area contributed by atoms with E-state index >= 15 is 0 Å². The number of carbonyl (C=O) groups is 2. The van der Waals surface area contributed by atoms with Crippen LogP contribution in [0.5, 0.6) is 0 Å². The lowest BCUT2D eigenvalue weighted by Crippen LogP contribution is -2.34. The van der Waals surface area contributed by atoms with Crippen molar-refractivity contribution >= 4 is 11.9 Å². The Morgan fingerprint density at radius 1 is 0.767 bits per heavy atom. The Morgan fingerprint density at radius 2 is 1.37 bits per heavy atom. The lowest BCUT2D eigenvalue weighted by atomic mass is 10.1. The molecule has 1 N–H and O–H groups in total. The SMILES string of the molecule is CCCN(CCCCN(CC(=O)OCC)Cc1ccc(CN(Cc2ncc[nH]2)Cc2nccn2C)cc1)CC(=O)OCC. The number of aromatic nitrogens is 4. The molecule has 11 heteroatoms. The molecule has 236 valence electrons. The summed E-state index contributed by atoms with van der Waals surface area (Å²) in [6.45, 7) is 12.3. The van der Waals surface area contributed by atoms with Crippen molar-refractivity contribution in [3.63, 3.8) is 0 Å². The van der Waals surface area contributed by atoms with Gasteiger partial charge >= 0.3 is 11.9 Å². The Morgan fingerprint density at radius 3 is 1.91 bits per heavy atom. The quantitative estimate of drug-likeness (QED) is 0.145. The van der Waals surface area contributed by atoms with Crippen LogP contribution in [0, 0.1) is 0 Å². The van der Waals surface area contributed by atoms with Gasteiger partial charge in [-0.3, -0.25) is 24.3 Å². The van der Waals surface area contributed by atoms with Gasteiger partial charge in [-0.25, -0.2) is 9.97 Å². The van der Waals surface area contributed by atoms with Crippen molar-refractivity contribution in [1.82, 2.24) is 34.2 Å². The van der Waals surface area contributed by atoms with E-state index in [4.69, 9.17) is 9.47 Å². The molecule has 0 unspecified atom stereocenters. The molecule has 0 aliphatic heterocycles. The first kappa shape index (κ1) is 34.0. The first-order chi connectivity index (χ1) is 20.9. The number of ether oxygens (including phenoxy) is 2. The Balaban J connectivity index is 1.58. The third kappa shape index (κ3) is 12.7. The molecule has 0 radical (unpaired) electrons. The summed E-state index contributed by atoms with van der Waals surface area (Å²) in [5, 5.41) is 0. The smallest absolute Gasteiger partial charge is 0.320 e. The van der Waals surface area contributed by atoms with Crippen LogP contribution in [-0.4, -0.2) is 92.1 Å². The highest BCUT2D eigenvalue weighted by Crippen LogP contribution is 2.14. The number of aromatic amines is 1. The Bertz CT molecular complexity index is 1200. The maximum atomic E-state index is 12.4. The minimum atomic E-state index is -0.211. The molecule has 0 atom stereocenters. The van der Waals surface area contributed by atoms with Crippen molar-refractivity contribution in [2.24, 2.45) is 7.05 Å². The summed E-state index contributed by atoms with van der Waals surface area (Å²) in [7, 11) is 2.01. The molecule has 11 nitrogen and oxygen atoms in total. The number of rotatable bonds is 21. The summed E-state index contributed by atoms with van der Waals surface area (Å²) in [6.07, 6.45) is 10.2. The highest BCUT2D eigenvalue weighted by molar-refractivity contribution is 5.72. The highest BCUT2D eigenvalue weighted by atomic mass is 16.5. The fourth-order valence-electron chi connectivity index (χ4n) is 5.03. The number of nitrogens with one attached hydrogen (secondary N) is 1. The molecule has 0 saturated heterocycles. The van der Waals surface area contributed by atoms with Gasteiger partial charge in [0.05, 0.1) is 39.4 Å². The van der Waals surface area contributed by atoms with E-state index in [0.717, 1.165) is 62.7 Å². The lowest BCUT2D eigenvalue weighted by Gasteiger charge is -2.24. The first-order valence-electron chi connectivity index (χ1n) is 15.4. The van der Waals surface area contributed by atoms with Crippen LogP contribution >= 0.6 is 0 Å². The molecule has 0 bridgehead atoms. The molecule has 0 aliphatic rings. The van der Waals surface area contributed by atoms with Crippen molar-refractivity contribution in [2.75, 3.05) is 45.9 Å². The van der Waals surface area contributed by atoms with E-state index in [1.807, 2.05) is 44.1 Å². The van der Waals surface area contributed by atoms with E-state index < -0.39 is 0 Å². The van der Waals surface area contributed by atoms with Gasteiger partial charge in [0, 0.05) is 44.9 Å². The van der Waals surface area contributed by atoms with Gasteiger partial charge in [0.15, 0.2) is 0 Å². The highest BCUT2D eigenvalue weighted by Gasteiger charge is 2.16. The molecule has 3 aromatic rings. The second kappa shape index (κ2) is 18.9. The summed E-state index contributed by atoms with van der Waals surface area (Å²) >= 11 is 0. The second-order valence-electron chi connectivity index (χ2n) is 10.8. The zero-order valence-electron chi connectivity index (χ0n) is 26.3. The number of imidazole rings is 2. The van der Waals surface area contributed by atoms with Gasteiger partial charge in [-0.15, -0.1) is 0 Å². The van der Waals surface area contributed by atoms with Crippen molar-refractivity contribution < 1.29 is 19.1 Å². The van der Waals surface area contributed by atoms with Crippen LogP contribution in [-0.2, 0) is 52.3 Å². The van der Waals surface area contributed by atoms with E-state index in [2.05, 4.69) is 60.8 Å². The van der Waals surface area contributed by atoms with E-state index in [1.54, 1.807) is 6.20 Å². The number of hydrogen-bond donors (Lipinski definition) is 1. The number of esters is 2. The number of unbranched alkanes of at least 4 members (excludes halogenated alkanes) is 1. The molecule has 43 heavy (non-hydrogen) atoms. The van der Waals surface area contributed by atoms with Crippen LogP contribution in [0.1, 0.15) is 62.8 Å². The first-order valence-corrected chi connectivity index (χ1v) is 15.4. The van der Waals surface area contributed by atoms with E-state index in [1.165, 1.54) is 5.56 Å². The fraction of sp³-hybridized carbons (Fsp3) is 0.562. The van der Waals surface area contributed by atoms with Gasteiger partial charge in [0.2, 0.25) is 0 Å². The van der Waals surface area contributed by atoms with E-state index in [9.17, 15) is 9.59 Å². The molecule has 3 rings (SSSR count). The Labute approximate surface area is 256 Å². The minimum absolute atomic E-state index is 0.177. The van der Waals surface area contributed by atoms with Crippen molar-refractivity contribution in [3.8, 4) is 0 Å². The average Bonchev–Trinajstić information content (AvgIpc) is 3.64. The van der Waals surface area contributed by atoms with Gasteiger partial charge in [-0.2, -0.15) is 0 Å². The average molecular weight is 596 g/mol. The maximum Gasteiger partial charge on any atom is 0.320 e. The third-order valence-electron chi connectivity index (χ3n) is 7.10.